The zero-order chi connectivity index (χ0) is 21.6. The summed E-state index contributed by atoms with van der Waals surface area (Å²) in [7, 11) is 0. The largest absolute Gasteiger partial charge is 0.379 e. The first-order chi connectivity index (χ1) is 15.1. The Labute approximate surface area is 191 Å². The van der Waals surface area contributed by atoms with E-state index in [1.165, 1.54) is 5.56 Å². The normalized spacial score (nSPS) is 14.4. The van der Waals surface area contributed by atoms with Crippen LogP contribution < -0.4 is 5.32 Å². The van der Waals surface area contributed by atoms with Crippen LogP contribution in [-0.2, 0) is 17.7 Å². The molecule has 1 aromatic carbocycles. The zero-order valence-electron chi connectivity index (χ0n) is 16.9. The molecule has 0 aliphatic carbocycles. The number of ketones is 1. The van der Waals surface area contributed by atoms with Gasteiger partial charge in [0.05, 0.1) is 28.8 Å². The van der Waals surface area contributed by atoms with E-state index in [9.17, 15) is 4.79 Å². The molecule has 31 heavy (non-hydrogen) atoms. The minimum absolute atomic E-state index is 0.140. The van der Waals surface area contributed by atoms with Gasteiger partial charge in [0.1, 0.15) is 11.6 Å². The van der Waals surface area contributed by atoms with Crippen molar-refractivity contribution in [2.45, 2.75) is 13.0 Å². The van der Waals surface area contributed by atoms with E-state index in [4.69, 9.17) is 27.9 Å². The number of morpholine rings is 1. The van der Waals surface area contributed by atoms with Gasteiger partial charge >= 0.3 is 0 Å². The molecule has 0 radical (unpaired) electrons. The van der Waals surface area contributed by atoms with Crippen LogP contribution in [-0.4, -0.2) is 47.0 Å². The number of hydrogen-bond donors (Lipinski definition) is 1. The number of Topliss-reactive ketones (excluding diaryl/α,β-unsaturated/α-hetero) is 1. The Kier molecular flexibility index (Phi) is 7.14. The lowest BCUT2D eigenvalue weighted by molar-refractivity contribution is 0.0342. The summed E-state index contributed by atoms with van der Waals surface area (Å²) in [4.78, 5) is 23.8. The first-order valence-electron chi connectivity index (χ1n) is 10.0. The third-order valence-electron chi connectivity index (χ3n) is 5.02. The summed E-state index contributed by atoms with van der Waals surface area (Å²) in [6.07, 6.45) is 3.62. The lowest BCUT2D eigenvalue weighted by Crippen LogP contribution is -2.35. The van der Waals surface area contributed by atoms with Crippen molar-refractivity contribution in [2.75, 3.05) is 31.6 Å². The van der Waals surface area contributed by atoms with Crippen LogP contribution in [0.5, 0.6) is 0 Å². The lowest BCUT2D eigenvalue weighted by atomic mass is 10.0. The number of halogens is 2. The topological polar surface area (TPSA) is 67.4 Å². The molecular formula is C23H22Cl2N4O2. The molecule has 1 aliphatic rings. The van der Waals surface area contributed by atoms with Gasteiger partial charge in [0.2, 0.25) is 0 Å². The fourth-order valence-corrected chi connectivity index (χ4v) is 4.09. The Balaban J connectivity index is 1.44. The first-order valence-corrected chi connectivity index (χ1v) is 10.8. The highest BCUT2D eigenvalue weighted by molar-refractivity contribution is 6.39. The van der Waals surface area contributed by atoms with Crippen LogP contribution in [0.15, 0.2) is 54.9 Å². The van der Waals surface area contributed by atoms with Crippen LogP contribution in [0.4, 0.5) is 11.6 Å². The Morgan fingerprint density at radius 3 is 2.26 bits per heavy atom. The minimum Gasteiger partial charge on any atom is -0.379 e. The number of nitrogens with one attached hydrogen (secondary N) is 1. The van der Waals surface area contributed by atoms with Crippen molar-refractivity contribution in [3.63, 3.8) is 0 Å². The highest BCUT2D eigenvalue weighted by atomic mass is 35.5. The van der Waals surface area contributed by atoms with Crippen molar-refractivity contribution >= 4 is 40.6 Å². The Morgan fingerprint density at radius 2 is 1.58 bits per heavy atom. The number of pyridine rings is 2. The molecule has 0 unspecified atom stereocenters. The molecule has 1 fully saturated rings. The molecule has 0 amide bonds. The minimum atomic E-state index is -0.140. The van der Waals surface area contributed by atoms with Crippen molar-refractivity contribution in [3.8, 4) is 0 Å². The summed E-state index contributed by atoms with van der Waals surface area (Å²) in [5, 5.41) is 3.93. The van der Waals surface area contributed by atoms with Crippen LogP contribution in [0, 0.1) is 0 Å². The van der Waals surface area contributed by atoms with Gasteiger partial charge in [-0.2, -0.15) is 0 Å². The van der Waals surface area contributed by atoms with Gasteiger partial charge in [0, 0.05) is 38.4 Å². The molecule has 1 aliphatic heterocycles. The molecule has 8 heteroatoms. The molecule has 0 bridgehead atoms. The van der Waals surface area contributed by atoms with Gasteiger partial charge in [0.15, 0.2) is 5.78 Å². The summed E-state index contributed by atoms with van der Waals surface area (Å²) >= 11 is 12.3. The molecule has 1 saturated heterocycles. The van der Waals surface area contributed by atoms with Gasteiger partial charge in [-0.1, -0.05) is 29.3 Å². The van der Waals surface area contributed by atoms with E-state index in [0.29, 0.717) is 27.2 Å². The Bertz CT molecular complexity index is 1050. The molecule has 1 N–H and O–H groups in total. The van der Waals surface area contributed by atoms with Crippen molar-refractivity contribution in [3.05, 3.63) is 81.6 Å². The van der Waals surface area contributed by atoms with Crippen LogP contribution in [0.2, 0.25) is 10.0 Å². The Hall–Kier alpha value is -2.51. The molecule has 3 aromatic rings. The highest BCUT2D eigenvalue weighted by Gasteiger charge is 2.15. The third kappa shape index (κ3) is 5.80. The van der Waals surface area contributed by atoms with E-state index < -0.39 is 0 Å². The maximum atomic E-state index is 12.7. The van der Waals surface area contributed by atoms with Gasteiger partial charge in [-0.05, 0) is 47.5 Å². The fraction of sp³-hybridized carbons (Fsp3) is 0.261. The summed E-state index contributed by atoms with van der Waals surface area (Å²) in [6, 6.07) is 12.7. The van der Waals surface area contributed by atoms with E-state index in [0.717, 1.165) is 38.4 Å². The van der Waals surface area contributed by atoms with Crippen LogP contribution in [0.3, 0.4) is 0 Å². The van der Waals surface area contributed by atoms with Crippen molar-refractivity contribution < 1.29 is 9.53 Å². The Morgan fingerprint density at radius 1 is 0.968 bits per heavy atom. The average Bonchev–Trinajstić information content (AvgIpc) is 2.75. The number of carbonyl (C=O) groups is 1. The summed E-state index contributed by atoms with van der Waals surface area (Å²) in [5.41, 5.74) is 2.32. The number of anilines is 2. The van der Waals surface area contributed by atoms with Crippen LogP contribution in [0.1, 0.15) is 21.5 Å². The SMILES string of the molecule is O=C(Cc1ccnc(Nc2cc(CN3CCOCC3)ccn2)c1)c1c(Cl)cccc1Cl. The number of hydrogen-bond acceptors (Lipinski definition) is 6. The number of rotatable bonds is 7. The predicted octanol–water partition coefficient (Wildman–Crippen LogP) is 4.78. The summed E-state index contributed by atoms with van der Waals surface area (Å²) in [6.45, 7) is 4.24. The molecule has 4 rings (SSSR count). The third-order valence-corrected chi connectivity index (χ3v) is 5.65. The van der Waals surface area contributed by atoms with E-state index in [1.807, 2.05) is 18.2 Å². The highest BCUT2D eigenvalue weighted by Crippen LogP contribution is 2.26. The van der Waals surface area contributed by atoms with Crippen molar-refractivity contribution in [1.82, 2.24) is 14.9 Å². The van der Waals surface area contributed by atoms with E-state index in [1.54, 1.807) is 36.7 Å². The van der Waals surface area contributed by atoms with Crippen LogP contribution in [0.25, 0.3) is 0 Å². The van der Waals surface area contributed by atoms with E-state index in [-0.39, 0.29) is 12.2 Å². The number of aromatic nitrogens is 2. The second kappa shape index (κ2) is 10.2. The van der Waals surface area contributed by atoms with Gasteiger partial charge < -0.3 is 10.1 Å². The van der Waals surface area contributed by atoms with E-state index in [2.05, 4.69) is 20.2 Å². The van der Waals surface area contributed by atoms with Gasteiger partial charge in [0.25, 0.3) is 0 Å². The molecule has 6 nitrogen and oxygen atoms in total. The predicted molar refractivity (Wildman–Crippen MR) is 122 cm³/mol. The summed E-state index contributed by atoms with van der Waals surface area (Å²) < 4.78 is 5.41. The van der Waals surface area contributed by atoms with Crippen molar-refractivity contribution in [1.29, 1.82) is 0 Å². The van der Waals surface area contributed by atoms with Crippen LogP contribution >= 0.6 is 23.2 Å². The average molecular weight is 457 g/mol. The van der Waals surface area contributed by atoms with Gasteiger partial charge in [-0.3, -0.25) is 9.69 Å². The maximum absolute atomic E-state index is 12.7. The van der Waals surface area contributed by atoms with Gasteiger partial charge in [-0.25, -0.2) is 9.97 Å². The fourth-order valence-electron chi connectivity index (χ4n) is 3.48. The molecule has 0 saturated carbocycles. The van der Waals surface area contributed by atoms with E-state index >= 15 is 0 Å². The molecular weight excluding hydrogens is 435 g/mol. The molecule has 160 valence electrons. The summed E-state index contributed by atoms with van der Waals surface area (Å²) in [5.74, 6) is 1.18. The second-order valence-electron chi connectivity index (χ2n) is 7.31. The number of nitrogens with zero attached hydrogens (tertiary/aromatic N) is 3. The molecule has 3 heterocycles. The number of carbonyl (C=O) groups excluding carboxylic acids is 1. The lowest BCUT2D eigenvalue weighted by Gasteiger charge is -2.26. The first kappa shape index (κ1) is 21.7. The molecule has 2 aromatic heterocycles. The molecule has 0 spiro atoms. The quantitative estimate of drug-likeness (QED) is 0.515. The number of ether oxygens (including phenoxy) is 1. The standard InChI is InChI=1S/C23H22Cl2N4O2/c24-18-2-1-3-19(25)23(18)20(30)12-16-4-6-26-21(13-16)28-22-14-17(5-7-27-22)15-29-8-10-31-11-9-29/h1-7,13-14H,8-12,15H2,(H,26,27,28). The van der Waals surface area contributed by atoms with Crippen molar-refractivity contribution in [2.24, 2.45) is 0 Å². The monoisotopic (exact) mass is 456 g/mol. The maximum Gasteiger partial charge on any atom is 0.170 e. The second-order valence-corrected chi connectivity index (χ2v) is 8.12. The smallest absolute Gasteiger partial charge is 0.170 e. The number of benzene rings is 1. The van der Waals surface area contributed by atoms with Gasteiger partial charge in [-0.15, -0.1) is 0 Å². The molecule has 0 atom stereocenters. The zero-order valence-corrected chi connectivity index (χ0v) is 18.4.